The van der Waals surface area contributed by atoms with E-state index in [4.69, 9.17) is 4.42 Å². The number of nitrogens with zero attached hydrogens (tertiary/aromatic N) is 3. The minimum atomic E-state index is -0.270. The van der Waals surface area contributed by atoms with Gasteiger partial charge in [0.25, 0.3) is 0 Å². The number of aryl methyl sites for hydroxylation is 1. The highest BCUT2D eigenvalue weighted by molar-refractivity contribution is 5.52. The summed E-state index contributed by atoms with van der Waals surface area (Å²) in [6, 6.07) is 6.11. The second-order valence-corrected chi connectivity index (χ2v) is 4.87. The predicted molar refractivity (Wildman–Crippen MR) is 77.2 cm³/mol. The minimum Gasteiger partial charge on any atom is -0.444 e. The fourth-order valence-electron chi connectivity index (χ4n) is 2.21. The van der Waals surface area contributed by atoms with Crippen LogP contribution in [-0.4, -0.2) is 14.5 Å². The third-order valence-electron chi connectivity index (χ3n) is 3.25. The molecule has 3 rings (SSSR count). The van der Waals surface area contributed by atoms with E-state index in [1.54, 1.807) is 24.6 Å². The number of rotatable bonds is 5. The second kappa shape index (κ2) is 5.91. The smallest absolute Gasteiger partial charge is 0.226 e. The van der Waals surface area contributed by atoms with Gasteiger partial charge in [0, 0.05) is 24.4 Å². The molecule has 0 unspecified atom stereocenters. The van der Waals surface area contributed by atoms with Crippen LogP contribution >= 0.6 is 0 Å². The Kier molecular flexibility index (Phi) is 3.81. The standard InChI is InChI=1S/C16H16FN3O/c1-2-3-15-18-8-9-20(15)10-14-11-21-16(19-14)12-4-6-13(17)7-5-12/h4-9,11H,2-3,10H2,1H3. The monoisotopic (exact) mass is 285 g/mol. The first-order valence-electron chi connectivity index (χ1n) is 6.96. The van der Waals surface area contributed by atoms with Crippen molar-refractivity contribution >= 4 is 0 Å². The van der Waals surface area contributed by atoms with Crippen molar-refractivity contribution in [1.82, 2.24) is 14.5 Å². The maximum absolute atomic E-state index is 12.9. The van der Waals surface area contributed by atoms with E-state index in [1.807, 2.05) is 6.20 Å². The van der Waals surface area contributed by atoms with Crippen molar-refractivity contribution in [3.63, 3.8) is 0 Å². The van der Waals surface area contributed by atoms with E-state index in [1.165, 1.54) is 12.1 Å². The van der Waals surface area contributed by atoms with Crippen molar-refractivity contribution in [3.05, 3.63) is 60.3 Å². The van der Waals surface area contributed by atoms with E-state index in [-0.39, 0.29) is 5.82 Å². The lowest BCUT2D eigenvalue weighted by atomic mass is 10.2. The fourth-order valence-corrected chi connectivity index (χ4v) is 2.21. The number of halogens is 1. The van der Waals surface area contributed by atoms with Crippen LogP contribution in [0.25, 0.3) is 11.5 Å². The second-order valence-electron chi connectivity index (χ2n) is 4.87. The summed E-state index contributed by atoms with van der Waals surface area (Å²) < 4.78 is 20.5. The zero-order chi connectivity index (χ0) is 14.7. The van der Waals surface area contributed by atoms with Crippen LogP contribution < -0.4 is 0 Å². The predicted octanol–water partition coefficient (Wildman–Crippen LogP) is 3.68. The van der Waals surface area contributed by atoms with E-state index < -0.39 is 0 Å². The molecule has 0 aliphatic carbocycles. The summed E-state index contributed by atoms with van der Waals surface area (Å²) >= 11 is 0. The molecule has 4 nitrogen and oxygen atoms in total. The van der Waals surface area contributed by atoms with Crippen LogP contribution in [0.3, 0.4) is 0 Å². The van der Waals surface area contributed by atoms with Crippen LogP contribution in [0.4, 0.5) is 4.39 Å². The van der Waals surface area contributed by atoms with Crippen LogP contribution in [0.15, 0.2) is 47.3 Å². The lowest BCUT2D eigenvalue weighted by Gasteiger charge is -2.03. The summed E-state index contributed by atoms with van der Waals surface area (Å²) in [6.07, 6.45) is 7.37. The Morgan fingerprint density at radius 2 is 2.05 bits per heavy atom. The molecule has 2 heterocycles. The lowest BCUT2D eigenvalue weighted by molar-refractivity contribution is 0.570. The average Bonchev–Trinajstić information content (AvgIpc) is 3.11. The molecule has 2 aromatic heterocycles. The summed E-state index contributed by atoms with van der Waals surface area (Å²) in [7, 11) is 0. The highest BCUT2D eigenvalue weighted by atomic mass is 19.1. The molecule has 0 radical (unpaired) electrons. The first-order valence-corrected chi connectivity index (χ1v) is 6.96. The quantitative estimate of drug-likeness (QED) is 0.718. The Morgan fingerprint density at radius 1 is 1.24 bits per heavy atom. The zero-order valence-electron chi connectivity index (χ0n) is 11.8. The third-order valence-corrected chi connectivity index (χ3v) is 3.25. The van der Waals surface area contributed by atoms with Crippen LogP contribution in [-0.2, 0) is 13.0 Å². The molecule has 3 aromatic rings. The van der Waals surface area contributed by atoms with Crippen molar-refractivity contribution in [2.45, 2.75) is 26.3 Å². The van der Waals surface area contributed by atoms with E-state index in [2.05, 4.69) is 21.5 Å². The Balaban J connectivity index is 1.78. The Bertz CT molecular complexity index is 715. The molecule has 0 spiro atoms. The number of benzene rings is 1. The minimum absolute atomic E-state index is 0.270. The third kappa shape index (κ3) is 3.02. The first-order chi connectivity index (χ1) is 10.3. The fraction of sp³-hybridized carbons (Fsp3) is 0.250. The molecule has 108 valence electrons. The van der Waals surface area contributed by atoms with Gasteiger partial charge < -0.3 is 8.98 Å². The lowest BCUT2D eigenvalue weighted by Crippen LogP contribution is -2.04. The topological polar surface area (TPSA) is 43.9 Å². The normalized spacial score (nSPS) is 11.0. The van der Waals surface area contributed by atoms with Gasteiger partial charge in [0.15, 0.2) is 0 Å². The maximum Gasteiger partial charge on any atom is 0.226 e. The number of aromatic nitrogens is 3. The molecule has 0 bridgehead atoms. The van der Waals surface area contributed by atoms with Gasteiger partial charge in [-0.3, -0.25) is 0 Å². The van der Waals surface area contributed by atoms with Crippen LogP contribution in [0, 0.1) is 5.82 Å². The van der Waals surface area contributed by atoms with Gasteiger partial charge in [-0.05, 0) is 30.7 Å². The number of hydrogen-bond acceptors (Lipinski definition) is 3. The van der Waals surface area contributed by atoms with Gasteiger partial charge in [-0.25, -0.2) is 14.4 Å². The Labute approximate surface area is 122 Å². The van der Waals surface area contributed by atoms with Crippen molar-refractivity contribution in [2.24, 2.45) is 0 Å². The molecule has 0 aliphatic rings. The van der Waals surface area contributed by atoms with Crippen molar-refractivity contribution < 1.29 is 8.81 Å². The zero-order valence-corrected chi connectivity index (χ0v) is 11.8. The summed E-state index contributed by atoms with van der Waals surface area (Å²) in [4.78, 5) is 8.79. The number of imidazole rings is 1. The molecule has 0 N–H and O–H groups in total. The molecule has 5 heteroatoms. The van der Waals surface area contributed by atoms with Gasteiger partial charge in [-0.15, -0.1) is 0 Å². The van der Waals surface area contributed by atoms with Gasteiger partial charge >= 0.3 is 0 Å². The largest absolute Gasteiger partial charge is 0.444 e. The molecule has 0 saturated heterocycles. The van der Waals surface area contributed by atoms with Crippen molar-refractivity contribution in [2.75, 3.05) is 0 Å². The van der Waals surface area contributed by atoms with Crippen LogP contribution in [0.2, 0.25) is 0 Å². The van der Waals surface area contributed by atoms with Crippen LogP contribution in [0.1, 0.15) is 24.9 Å². The molecule has 0 atom stereocenters. The number of hydrogen-bond donors (Lipinski definition) is 0. The van der Waals surface area contributed by atoms with Gasteiger partial charge in [0.1, 0.15) is 17.9 Å². The summed E-state index contributed by atoms with van der Waals surface area (Å²) in [5, 5.41) is 0. The average molecular weight is 285 g/mol. The van der Waals surface area contributed by atoms with E-state index >= 15 is 0 Å². The van der Waals surface area contributed by atoms with Gasteiger partial charge in [0.05, 0.1) is 12.2 Å². The van der Waals surface area contributed by atoms with E-state index in [0.29, 0.717) is 12.4 Å². The SMILES string of the molecule is CCCc1nccn1Cc1coc(-c2ccc(F)cc2)n1. The van der Waals surface area contributed by atoms with Crippen LogP contribution in [0.5, 0.6) is 0 Å². The summed E-state index contributed by atoms with van der Waals surface area (Å²) in [5.41, 5.74) is 1.59. The molecule has 0 aliphatic heterocycles. The molecule has 0 saturated carbocycles. The van der Waals surface area contributed by atoms with Crippen molar-refractivity contribution in [1.29, 1.82) is 0 Å². The van der Waals surface area contributed by atoms with Gasteiger partial charge in [0.2, 0.25) is 5.89 Å². The molecule has 0 amide bonds. The van der Waals surface area contributed by atoms with Crippen molar-refractivity contribution in [3.8, 4) is 11.5 Å². The summed E-state index contributed by atoms with van der Waals surface area (Å²) in [6.45, 7) is 2.75. The molecule has 1 aromatic carbocycles. The van der Waals surface area contributed by atoms with Gasteiger partial charge in [-0.2, -0.15) is 0 Å². The van der Waals surface area contributed by atoms with Gasteiger partial charge in [-0.1, -0.05) is 6.92 Å². The molecular formula is C16H16FN3O. The van der Waals surface area contributed by atoms with E-state index in [9.17, 15) is 4.39 Å². The number of oxazole rings is 1. The highest BCUT2D eigenvalue weighted by Crippen LogP contribution is 2.19. The summed E-state index contributed by atoms with van der Waals surface area (Å²) in [5.74, 6) is 1.28. The van der Waals surface area contributed by atoms with E-state index in [0.717, 1.165) is 29.9 Å². The molecular weight excluding hydrogens is 269 g/mol. The molecule has 0 fully saturated rings. The first kappa shape index (κ1) is 13.5. The maximum atomic E-state index is 12.9. The molecule has 21 heavy (non-hydrogen) atoms. The highest BCUT2D eigenvalue weighted by Gasteiger charge is 2.09. The Morgan fingerprint density at radius 3 is 2.81 bits per heavy atom. The Hall–Kier alpha value is -2.43.